The maximum Gasteiger partial charge on any atom is 0.114 e. The van der Waals surface area contributed by atoms with Gasteiger partial charge in [0.1, 0.15) is 5.69 Å². The van der Waals surface area contributed by atoms with Gasteiger partial charge in [-0.2, -0.15) is 0 Å². The Morgan fingerprint density at radius 1 is 1.15 bits per heavy atom. The average Bonchev–Trinajstić information content (AvgIpc) is 2.19. The Morgan fingerprint density at radius 3 is 2.85 bits per heavy atom. The lowest BCUT2D eigenvalue weighted by atomic mass is 10.2. The quantitative estimate of drug-likeness (QED) is 0.407. The lowest BCUT2D eigenvalue weighted by Gasteiger charge is -1.97. The van der Waals surface area contributed by atoms with Crippen molar-refractivity contribution in [1.29, 1.82) is 0 Å². The summed E-state index contributed by atoms with van der Waals surface area (Å²) in [6, 6.07) is 9.54. The molecule has 1 aromatic heterocycles. The van der Waals surface area contributed by atoms with Crippen LogP contribution in [-0.2, 0) is 0 Å². The van der Waals surface area contributed by atoms with Crippen molar-refractivity contribution in [3.05, 3.63) is 36.5 Å². The van der Waals surface area contributed by atoms with E-state index in [1.54, 1.807) is 6.20 Å². The molecule has 1 heterocycles. The molecule has 2 aromatic rings. The summed E-state index contributed by atoms with van der Waals surface area (Å²) in [5.41, 5.74) is 1.51. The molecule has 0 saturated carbocycles. The van der Waals surface area contributed by atoms with Crippen LogP contribution in [0, 0.1) is 0 Å². The van der Waals surface area contributed by atoms with Gasteiger partial charge in [-0.15, -0.1) is 5.11 Å². The Balaban J connectivity index is 2.75. The first-order valence-corrected chi connectivity index (χ1v) is 3.86. The largest absolute Gasteiger partial charge is 0.305 e. The first-order chi connectivity index (χ1) is 6.42. The Hall–Kier alpha value is -1.97. The summed E-state index contributed by atoms with van der Waals surface area (Å²) in [5.74, 6) is 4.98. The molecule has 4 nitrogen and oxygen atoms in total. The molecule has 0 aliphatic heterocycles. The molecule has 0 aliphatic carbocycles. The normalized spacial score (nSPS) is 11.1. The zero-order chi connectivity index (χ0) is 9.10. The SMILES string of the molecule is NN=Nc1cccc2cccnc12. The van der Waals surface area contributed by atoms with Gasteiger partial charge in [-0.05, 0) is 12.1 Å². The summed E-state index contributed by atoms with van der Waals surface area (Å²) in [7, 11) is 0. The molecule has 0 bridgehead atoms. The minimum absolute atomic E-state index is 0.695. The molecule has 0 fully saturated rings. The Morgan fingerprint density at radius 2 is 2.00 bits per heavy atom. The molecule has 4 heteroatoms. The summed E-state index contributed by atoms with van der Waals surface area (Å²) in [6.07, 6.45) is 1.72. The molecular formula is C9H8N4. The van der Waals surface area contributed by atoms with Gasteiger partial charge in [-0.1, -0.05) is 23.4 Å². The smallest absolute Gasteiger partial charge is 0.114 e. The van der Waals surface area contributed by atoms with Crippen molar-refractivity contribution >= 4 is 16.6 Å². The fourth-order valence-electron chi connectivity index (χ4n) is 1.23. The van der Waals surface area contributed by atoms with Gasteiger partial charge in [0.2, 0.25) is 0 Å². The Kier molecular flexibility index (Phi) is 1.88. The number of hydrogen-bond acceptors (Lipinski definition) is 3. The fraction of sp³-hybridized carbons (Fsp3) is 0. The van der Waals surface area contributed by atoms with E-state index < -0.39 is 0 Å². The van der Waals surface area contributed by atoms with Crippen LogP contribution in [0.3, 0.4) is 0 Å². The first kappa shape index (κ1) is 7.67. The molecule has 2 rings (SSSR count). The molecule has 0 unspecified atom stereocenters. The molecule has 0 radical (unpaired) electrons. The van der Waals surface area contributed by atoms with Crippen LogP contribution in [0.5, 0.6) is 0 Å². The number of pyridine rings is 1. The van der Waals surface area contributed by atoms with Crippen molar-refractivity contribution in [3.63, 3.8) is 0 Å². The highest BCUT2D eigenvalue weighted by Gasteiger charge is 1.98. The number of hydrogen-bond donors (Lipinski definition) is 1. The maximum atomic E-state index is 4.98. The van der Waals surface area contributed by atoms with E-state index in [9.17, 15) is 0 Å². The number of aromatic nitrogens is 1. The van der Waals surface area contributed by atoms with Crippen molar-refractivity contribution in [2.45, 2.75) is 0 Å². The number of para-hydroxylation sites is 1. The second-order valence-electron chi connectivity index (χ2n) is 2.57. The van der Waals surface area contributed by atoms with Gasteiger partial charge >= 0.3 is 0 Å². The van der Waals surface area contributed by atoms with Gasteiger partial charge < -0.3 is 5.84 Å². The summed E-state index contributed by atoms with van der Waals surface area (Å²) >= 11 is 0. The van der Waals surface area contributed by atoms with Crippen molar-refractivity contribution in [1.82, 2.24) is 4.98 Å². The molecule has 64 valence electrons. The highest BCUT2D eigenvalue weighted by Crippen LogP contribution is 2.22. The highest BCUT2D eigenvalue weighted by atomic mass is 15.3. The van der Waals surface area contributed by atoms with E-state index in [1.807, 2.05) is 30.3 Å². The second-order valence-corrected chi connectivity index (χ2v) is 2.57. The predicted molar refractivity (Wildman–Crippen MR) is 50.4 cm³/mol. The molecule has 0 atom stereocenters. The number of fused-ring (bicyclic) bond motifs is 1. The number of rotatable bonds is 1. The molecular weight excluding hydrogens is 164 g/mol. The van der Waals surface area contributed by atoms with Crippen molar-refractivity contribution < 1.29 is 0 Å². The van der Waals surface area contributed by atoms with Gasteiger partial charge in [0.05, 0.1) is 5.52 Å². The average molecular weight is 172 g/mol. The van der Waals surface area contributed by atoms with Crippen LogP contribution in [0.15, 0.2) is 46.9 Å². The lowest BCUT2D eigenvalue weighted by molar-refractivity contribution is 1.06. The minimum atomic E-state index is 0.695. The monoisotopic (exact) mass is 172 g/mol. The van der Waals surface area contributed by atoms with Crippen LogP contribution in [0.2, 0.25) is 0 Å². The van der Waals surface area contributed by atoms with Gasteiger partial charge in [0, 0.05) is 11.6 Å². The third kappa shape index (κ3) is 1.33. The van der Waals surface area contributed by atoms with E-state index in [1.165, 1.54) is 0 Å². The van der Waals surface area contributed by atoms with Crippen LogP contribution >= 0.6 is 0 Å². The fourth-order valence-corrected chi connectivity index (χ4v) is 1.23. The number of nitrogens with two attached hydrogens (primary N) is 1. The van der Waals surface area contributed by atoms with E-state index in [4.69, 9.17) is 5.84 Å². The predicted octanol–water partition coefficient (Wildman–Crippen LogP) is 2.19. The third-order valence-corrected chi connectivity index (χ3v) is 1.78. The maximum absolute atomic E-state index is 4.98. The van der Waals surface area contributed by atoms with Gasteiger partial charge in [-0.25, -0.2) is 0 Å². The Labute approximate surface area is 75.1 Å². The summed E-state index contributed by atoms with van der Waals surface area (Å²) in [5, 5.41) is 8.05. The van der Waals surface area contributed by atoms with E-state index in [0.717, 1.165) is 10.9 Å². The molecule has 0 amide bonds. The summed E-state index contributed by atoms with van der Waals surface area (Å²) < 4.78 is 0. The Bertz CT molecular complexity index is 445. The van der Waals surface area contributed by atoms with Crippen molar-refractivity contribution in [3.8, 4) is 0 Å². The van der Waals surface area contributed by atoms with Crippen LogP contribution in [0.1, 0.15) is 0 Å². The molecule has 13 heavy (non-hydrogen) atoms. The molecule has 0 saturated heterocycles. The van der Waals surface area contributed by atoms with Gasteiger partial charge in [-0.3, -0.25) is 4.98 Å². The third-order valence-electron chi connectivity index (χ3n) is 1.78. The van der Waals surface area contributed by atoms with Gasteiger partial charge in [0.25, 0.3) is 0 Å². The van der Waals surface area contributed by atoms with Crippen molar-refractivity contribution in [2.24, 2.45) is 16.2 Å². The number of nitrogens with zero attached hydrogens (tertiary/aromatic N) is 3. The lowest BCUT2D eigenvalue weighted by Crippen LogP contribution is -1.79. The van der Waals surface area contributed by atoms with Crippen molar-refractivity contribution in [2.75, 3.05) is 0 Å². The standard InChI is InChI=1S/C9H8N4/c10-13-12-8-5-1-3-7-4-2-6-11-9(7)8/h1-6H,(H2,10,12). The van der Waals surface area contributed by atoms with Crippen LogP contribution in [0.4, 0.5) is 5.69 Å². The zero-order valence-electron chi connectivity index (χ0n) is 6.88. The highest BCUT2D eigenvalue weighted by molar-refractivity contribution is 5.88. The van der Waals surface area contributed by atoms with E-state index in [2.05, 4.69) is 15.3 Å². The topological polar surface area (TPSA) is 63.6 Å². The second kappa shape index (κ2) is 3.18. The molecule has 0 aliphatic rings. The zero-order valence-corrected chi connectivity index (χ0v) is 6.88. The van der Waals surface area contributed by atoms with Crippen LogP contribution < -0.4 is 5.84 Å². The van der Waals surface area contributed by atoms with Crippen LogP contribution in [0.25, 0.3) is 10.9 Å². The molecule has 0 spiro atoms. The summed E-state index contributed by atoms with van der Waals surface area (Å²) in [4.78, 5) is 4.19. The van der Waals surface area contributed by atoms with E-state index >= 15 is 0 Å². The van der Waals surface area contributed by atoms with E-state index in [0.29, 0.717) is 5.69 Å². The molecule has 1 aromatic carbocycles. The minimum Gasteiger partial charge on any atom is -0.305 e. The van der Waals surface area contributed by atoms with Gasteiger partial charge in [0.15, 0.2) is 0 Å². The first-order valence-electron chi connectivity index (χ1n) is 3.86. The number of benzene rings is 1. The molecule has 2 N–H and O–H groups in total. The van der Waals surface area contributed by atoms with Crippen LogP contribution in [-0.4, -0.2) is 4.98 Å². The summed E-state index contributed by atoms with van der Waals surface area (Å²) in [6.45, 7) is 0. The van der Waals surface area contributed by atoms with E-state index in [-0.39, 0.29) is 0 Å².